The van der Waals surface area contributed by atoms with E-state index < -0.39 is 0 Å². The van der Waals surface area contributed by atoms with Crippen LogP contribution in [0.25, 0.3) is 0 Å². The number of hydrogen-bond acceptors (Lipinski definition) is 4. The second-order valence-corrected chi connectivity index (χ2v) is 6.85. The zero-order valence-corrected chi connectivity index (χ0v) is 15.6. The van der Waals surface area contributed by atoms with Gasteiger partial charge in [0.2, 0.25) is 5.91 Å². The molecule has 0 aromatic heterocycles. The maximum absolute atomic E-state index is 12.6. The first-order chi connectivity index (χ1) is 13.2. The van der Waals surface area contributed by atoms with E-state index >= 15 is 0 Å². The van der Waals surface area contributed by atoms with Crippen molar-refractivity contribution in [2.45, 2.75) is 31.7 Å². The molecule has 140 valence electrons. The van der Waals surface area contributed by atoms with Gasteiger partial charge in [-0.1, -0.05) is 31.0 Å². The SMILES string of the molecule is COc1ccc([C@H]2CCCCCN2CC(=O)Nc2cccc(C#N)c2)cc1. The Morgan fingerprint density at radius 3 is 2.78 bits per heavy atom. The van der Waals surface area contributed by atoms with E-state index in [2.05, 4.69) is 28.4 Å². The second-order valence-electron chi connectivity index (χ2n) is 6.85. The number of likely N-dealkylation sites (tertiary alicyclic amines) is 1. The molecule has 1 heterocycles. The number of nitrogens with zero attached hydrogens (tertiary/aromatic N) is 2. The predicted octanol–water partition coefficient (Wildman–Crippen LogP) is 4.12. The van der Waals surface area contributed by atoms with Gasteiger partial charge in [-0.2, -0.15) is 5.26 Å². The van der Waals surface area contributed by atoms with Gasteiger partial charge < -0.3 is 10.1 Å². The van der Waals surface area contributed by atoms with E-state index in [1.807, 2.05) is 18.2 Å². The Bertz CT molecular complexity index is 811. The van der Waals surface area contributed by atoms with E-state index in [1.54, 1.807) is 25.3 Å². The van der Waals surface area contributed by atoms with Gasteiger partial charge in [-0.25, -0.2) is 0 Å². The molecule has 1 N–H and O–H groups in total. The van der Waals surface area contributed by atoms with Crippen LogP contribution in [0.2, 0.25) is 0 Å². The smallest absolute Gasteiger partial charge is 0.238 e. The molecule has 0 radical (unpaired) electrons. The Morgan fingerprint density at radius 1 is 1.22 bits per heavy atom. The molecular weight excluding hydrogens is 338 g/mol. The maximum Gasteiger partial charge on any atom is 0.238 e. The van der Waals surface area contributed by atoms with Crippen LogP contribution in [0, 0.1) is 11.3 Å². The third-order valence-corrected chi connectivity index (χ3v) is 4.99. The van der Waals surface area contributed by atoms with Crippen LogP contribution >= 0.6 is 0 Å². The van der Waals surface area contributed by atoms with Crippen molar-refractivity contribution in [3.05, 3.63) is 59.7 Å². The van der Waals surface area contributed by atoms with Crippen molar-refractivity contribution in [2.24, 2.45) is 0 Å². The fraction of sp³-hybridized carbons (Fsp3) is 0.364. The summed E-state index contributed by atoms with van der Waals surface area (Å²) in [5.74, 6) is 0.791. The maximum atomic E-state index is 12.6. The molecule has 1 amide bonds. The number of carbonyl (C=O) groups is 1. The highest BCUT2D eigenvalue weighted by atomic mass is 16.5. The van der Waals surface area contributed by atoms with E-state index in [4.69, 9.17) is 10.00 Å². The van der Waals surface area contributed by atoms with Crippen molar-refractivity contribution >= 4 is 11.6 Å². The lowest BCUT2D eigenvalue weighted by Crippen LogP contribution is -2.36. The third kappa shape index (κ3) is 5.08. The van der Waals surface area contributed by atoms with Gasteiger partial charge in [0.05, 0.1) is 25.3 Å². The van der Waals surface area contributed by atoms with Crippen LogP contribution in [0.4, 0.5) is 5.69 Å². The number of nitriles is 1. The summed E-state index contributed by atoms with van der Waals surface area (Å²) in [5, 5.41) is 11.9. The quantitative estimate of drug-likeness (QED) is 0.868. The van der Waals surface area contributed by atoms with Crippen LogP contribution in [0.5, 0.6) is 5.75 Å². The number of anilines is 1. The molecular formula is C22H25N3O2. The second kappa shape index (κ2) is 9.20. The molecule has 0 bridgehead atoms. The van der Waals surface area contributed by atoms with Gasteiger partial charge in [0, 0.05) is 11.7 Å². The summed E-state index contributed by atoms with van der Waals surface area (Å²) < 4.78 is 5.26. The molecule has 3 rings (SSSR count). The topological polar surface area (TPSA) is 65.4 Å². The molecule has 1 aliphatic rings. The molecule has 5 nitrogen and oxygen atoms in total. The first-order valence-electron chi connectivity index (χ1n) is 9.37. The molecule has 0 saturated carbocycles. The Morgan fingerprint density at radius 2 is 2.04 bits per heavy atom. The van der Waals surface area contributed by atoms with Crippen molar-refractivity contribution in [1.82, 2.24) is 4.90 Å². The normalized spacial score (nSPS) is 17.6. The van der Waals surface area contributed by atoms with Crippen LogP contribution in [0.1, 0.15) is 42.9 Å². The standard InChI is InChI=1S/C22H25N3O2/c1-27-20-11-9-18(10-12-20)21-8-3-2-4-13-25(21)16-22(26)24-19-7-5-6-17(14-19)15-23/h5-7,9-12,14,21H,2-4,8,13,16H2,1H3,(H,24,26)/t21-/m1/s1. The Balaban J connectivity index is 1.70. The molecule has 27 heavy (non-hydrogen) atoms. The molecule has 0 aliphatic carbocycles. The summed E-state index contributed by atoms with van der Waals surface area (Å²) in [6.45, 7) is 1.25. The Hall–Kier alpha value is -2.84. The van der Waals surface area contributed by atoms with Crippen molar-refractivity contribution in [2.75, 3.05) is 25.5 Å². The number of methoxy groups -OCH3 is 1. The first-order valence-corrected chi connectivity index (χ1v) is 9.37. The fourth-order valence-electron chi connectivity index (χ4n) is 3.61. The molecule has 2 aromatic rings. The molecule has 0 unspecified atom stereocenters. The summed E-state index contributed by atoms with van der Waals surface area (Å²) in [6.07, 6.45) is 4.50. The number of benzene rings is 2. The predicted molar refractivity (Wildman–Crippen MR) is 106 cm³/mol. The van der Waals surface area contributed by atoms with Gasteiger partial charge >= 0.3 is 0 Å². The average molecular weight is 363 g/mol. The van der Waals surface area contributed by atoms with Gasteiger partial charge in [-0.15, -0.1) is 0 Å². The van der Waals surface area contributed by atoms with Crippen molar-refractivity contribution in [3.63, 3.8) is 0 Å². The zero-order chi connectivity index (χ0) is 19.1. The number of carbonyl (C=O) groups excluding carboxylic acids is 1. The summed E-state index contributed by atoms with van der Waals surface area (Å²) in [7, 11) is 1.67. The van der Waals surface area contributed by atoms with Crippen molar-refractivity contribution in [3.8, 4) is 11.8 Å². The molecule has 1 fully saturated rings. The minimum Gasteiger partial charge on any atom is -0.497 e. The van der Waals surface area contributed by atoms with E-state index in [1.165, 1.54) is 18.4 Å². The molecule has 2 aromatic carbocycles. The molecule has 5 heteroatoms. The van der Waals surface area contributed by atoms with E-state index in [9.17, 15) is 4.79 Å². The number of rotatable bonds is 5. The lowest BCUT2D eigenvalue weighted by molar-refractivity contribution is -0.117. The number of hydrogen-bond donors (Lipinski definition) is 1. The Kier molecular flexibility index (Phi) is 6.45. The number of nitrogens with one attached hydrogen (secondary N) is 1. The minimum atomic E-state index is -0.0505. The first kappa shape index (κ1) is 18.9. The molecule has 1 atom stereocenters. The monoisotopic (exact) mass is 363 g/mol. The third-order valence-electron chi connectivity index (χ3n) is 4.99. The van der Waals surface area contributed by atoms with Crippen LogP contribution in [0.3, 0.4) is 0 Å². The van der Waals surface area contributed by atoms with Gasteiger partial charge in [-0.3, -0.25) is 9.69 Å². The van der Waals surface area contributed by atoms with E-state index in [0.717, 1.165) is 25.1 Å². The van der Waals surface area contributed by atoms with E-state index in [-0.39, 0.29) is 11.9 Å². The van der Waals surface area contributed by atoms with Gasteiger partial charge in [0.25, 0.3) is 0 Å². The van der Waals surface area contributed by atoms with E-state index in [0.29, 0.717) is 17.8 Å². The van der Waals surface area contributed by atoms with Crippen LogP contribution in [-0.2, 0) is 4.79 Å². The largest absolute Gasteiger partial charge is 0.497 e. The lowest BCUT2D eigenvalue weighted by atomic mass is 10.0. The van der Waals surface area contributed by atoms with Crippen molar-refractivity contribution < 1.29 is 9.53 Å². The summed E-state index contributed by atoms with van der Waals surface area (Å²) in [5.41, 5.74) is 2.42. The molecule has 1 saturated heterocycles. The fourth-order valence-corrected chi connectivity index (χ4v) is 3.61. The average Bonchev–Trinajstić information content (AvgIpc) is 2.93. The van der Waals surface area contributed by atoms with Gasteiger partial charge in [0.1, 0.15) is 5.75 Å². The highest BCUT2D eigenvalue weighted by Gasteiger charge is 2.24. The summed E-state index contributed by atoms with van der Waals surface area (Å²) >= 11 is 0. The summed E-state index contributed by atoms with van der Waals surface area (Å²) in [6, 6.07) is 17.5. The minimum absolute atomic E-state index is 0.0505. The highest BCUT2D eigenvalue weighted by molar-refractivity contribution is 5.92. The highest BCUT2D eigenvalue weighted by Crippen LogP contribution is 2.31. The molecule has 0 spiro atoms. The number of ether oxygens (including phenoxy) is 1. The van der Waals surface area contributed by atoms with Crippen molar-refractivity contribution in [1.29, 1.82) is 5.26 Å². The van der Waals surface area contributed by atoms with Crippen LogP contribution in [0.15, 0.2) is 48.5 Å². The van der Waals surface area contributed by atoms with Gasteiger partial charge in [0.15, 0.2) is 0 Å². The van der Waals surface area contributed by atoms with Gasteiger partial charge in [-0.05, 0) is 55.3 Å². The molecule has 1 aliphatic heterocycles. The summed E-state index contributed by atoms with van der Waals surface area (Å²) in [4.78, 5) is 14.9. The van der Waals surface area contributed by atoms with Crippen LogP contribution in [-0.4, -0.2) is 31.0 Å². The van der Waals surface area contributed by atoms with Crippen LogP contribution < -0.4 is 10.1 Å². The Labute approximate surface area is 160 Å². The number of amides is 1. The zero-order valence-electron chi connectivity index (χ0n) is 15.6. The lowest BCUT2D eigenvalue weighted by Gasteiger charge is -2.29.